The maximum Gasteiger partial charge on any atom is 0.295 e. The van der Waals surface area contributed by atoms with Crippen molar-refractivity contribution in [2.75, 3.05) is 10.8 Å². The number of H-pyrrole nitrogens is 1. The monoisotopic (exact) mass is 523 g/mol. The van der Waals surface area contributed by atoms with E-state index in [0.717, 1.165) is 27.4 Å². The van der Waals surface area contributed by atoms with Crippen LogP contribution in [0.3, 0.4) is 0 Å². The third-order valence-electron chi connectivity index (χ3n) is 4.62. The Balaban J connectivity index is 1.76. The second-order valence-corrected chi connectivity index (χ2v) is 10.7. The van der Waals surface area contributed by atoms with Gasteiger partial charge in [-0.3, -0.25) is 9.29 Å². The van der Waals surface area contributed by atoms with Gasteiger partial charge >= 0.3 is 0 Å². The number of hydrogen-bond acceptors (Lipinski definition) is 6. The first-order chi connectivity index (χ1) is 14.4. The quantitative estimate of drug-likeness (QED) is 0.284. The summed E-state index contributed by atoms with van der Waals surface area (Å²) in [5.41, 5.74) is 0.692. The van der Waals surface area contributed by atoms with Crippen LogP contribution in [0.15, 0.2) is 62.4 Å². The fraction of sp³-hybridized carbons (Fsp3) is 0.200. The van der Waals surface area contributed by atoms with E-state index >= 15 is 0 Å². The summed E-state index contributed by atoms with van der Waals surface area (Å²) in [6.45, 7) is 2.45. The Bertz CT molecular complexity index is 1340. The highest BCUT2D eigenvalue weighted by Crippen LogP contribution is 2.44. The lowest BCUT2D eigenvalue weighted by molar-refractivity contribution is 0.406. The standard InChI is InChI=1S/C20H18BrN3O3S3/c1-2-3-12-24(19-17(21)15-6-4-5-7-16(15)29-19)30(25,26)14-10-8-13(9-11-14)18-22-20(28)27-23-18/h4-11H,2-3,12H2,1H3,(H,22,23,28). The SMILES string of the molecule is CCCCN(c1sc2ccccc2c1Br)S(=O)(=O)c1ccc(-c2noc(=S)[nH]2)cc1. The normalized spacial score (nSPS) is 11.8. The summed E-state index contributed by atoms with van der Waals surface area (Å²) in [5, 5.41) is 5.53. The molecule has 10 heteroatoms. The van der Waals surface area contributed by atoms with E-state index in [-0.39, 0.29) is 9.73 Å². The molecule has 0 aliphatic carbocycles. The highest BCUT2D eigenvalue weighted by atomic mass is 79.9. The van der Waals surface area contributed by atoms with Crippen molar-refractivity contribution in [3.8, 4) is 11.4 Å². The van der Waals surface area contributed by atoms with Crippen LogP contribution in [0.5, 0.6) is 0 Å². The fourth-order valence-electron chi connectivity index (χ4n) is 3.06. The third-order valence-corrected chi connectivity index (χ3v) is 8.98. The number of thiophene rings is 1. The molecular formula is C20H18BrN3O3S3. The molecule has 0 saturated heterocycles. The van der Waals surface area contributed by atoms with Crippen LogP contribution in [0.1, 0.15) is 19.8 Å². The van der Waals surface area contributed by atoms with Crippen molar-refractivity contribution < 1.29 is 12.9 Å². The second kappa shape index (κ2) is 8.62. The minimum atomic E-state index is -3.75. The molecule has 0 fully saturated rings. The first-order valence-electron chi connectivity index (χ1n) is 9.28. The molecule has 0 amide bonds. The topological polar surface area (TPSA) is 79.2 Å². The van der Waals surface area contributed by atoms with Gasteiger partial charge in [0, 0.05) is 22.2 Å². The molecule has 1 N–H and O–H groups in total. The van der Waals surface area contributed by atoms with Gasteiger partial charge in [0.15, 0.2) is 5.82 Å². The molecule has 30 heavy (non-hydrogen) atoms. The maximum atomic E-state index is 13.6. The zero-order chi connectivity index (χ0) is 21.3. The van der Waals surface area contributed by atoms with Crippen molar-refractivity contribution in [1.82, 2.24) is 10.1 Å². The highest BCUT2D eigenvalue weighted by molar-refractivity contribution is 9.10. The maximum absolute atomic E-state index is 13.6. The molecule has 0 aliphatic rings. The van der Waals surface area contributed by atoms with Gasteiger partial charge in [0.1, 0.15) is 5.00 Å². The zero-order valence-electron chi connectivity index (χ0n) is 16.0. The van der Waals surface area contributed by atoms with Gasteiger partial charge in [-0.05, 0) is 64.9 Å². The van der Waals surface area contributed by atoms with Crippen molar-refractivity contribution in [1.29, 1.82) is 0 Å². The molecule has 6 nitrogen and oxygen atoms in total. The van der Waals surface area contributed by atoms with Gasteiger partial charge in [0.05, 0.1) is 9.37 Å². The number of anilines is 1. The lowest BCUT2D eigenvalue weighted by Gasteiger charge is -2.23. The van der Waals surface area contributed by atoms with Crippen LogP contribution in [0.4, 0.5) is 5.00 Å². The smallest absolute Gasteiger partial charge is 0.295 e. The van der Waals surface area contributed by atoms with Gasteiger partial charge in [-0.2, -0.15) is 0 Å². The van der Waals surface area contributed by atoms with Crippen LogP contribution >= 0.6 is 39.5 Å². The number of hydrogen-bond donors (Lipinski definition) is 1. The third kappa shape index (κ3) is 3.96. The molecule has 0 atom stereocenters. The number of unbranched alkanes of at least 4 members (excludes halogenated alkanes) is 1. The summed E-state index contributed by atoms with van der Waals surface area (Å²) in [6.07, 6.45) is 1.65. The predicted molar refractivity (Wildman–Crippen MR) is 126 cm³/mol. The largest absolute Gasteiger partial charge is 0.324 e. The van der Waals surface area contributed by atoms with Gasteiger partial charge in [-0.1, -0.05) is 36.7 Å². The Labute approximate surface area is 191 Å². The second-order valence-electron chi connectivity index (χ2n) is 6.62. The minimum absolute atomic E-state index is 0.169. The summed E-state index contributed by atoms with van der Waals surface area (Å²) in [5.74, 6) is 0.457. The predicted octanol–water partition coefficient (Wildman–Crippen LogP) is 6.37. The van der Waals surface area contributed by atoms with E-state index in [1.54, 1.807) is 24.3 Å². The molecule has 156 valence electrons. The zero-order valence-corrected chi connectivity index (χ0v) is 20.0. The fourth-order valence-corrected chi connectivity index (χ4v) is 7.09. The van der Waals surface area contributed by atoms with Crippen LogP contribution in [0, 0.1) is 4.84 Å². The van der Waals surface area contributed by atoms with E-state index in [1.807, 2.05) is 31.2 Å². The number of nitrogens with one attached hydrogen (secondary N) is 1. The average molecular weight is 524 g/mol. The van der Waals surface area contributed by atoms with Crippen LogP contribution < -0.4 is 4.31 Å². The number of aromatic amines is 1. The number of sulfonamides is 1. The molecular weight excluding hydrogens is 506 g/mol. The molecule has 0 saturated carbocycles. The molecule has 2 aromatic heterocycles. The molecule has 0 spiro atoms. The van der Waals surface area contributed by atoms with Crippen molar-refractivity contribution in [3.63, 3.8) is 0 Å². The summed E-state index contributed by atoms with van der Waals surface area (Å²) < 4.78 is 35.4. The number of fused-ring (bicyclic) bond motifs is 1. The van der Waals surface area contributed by atoms with E-state index in [9.17, 15) is 8.42 Å². The Morgan fingerprint density at radius 3 is 2.57 bits per heavy atom. The Morgan fingerprint density at radius 2 is 1.93 bits per heavy atom. The van der Waals surface area contributed by atoms with E-state index < -0.39 is 10.0 Å². The number of benzene rings is 2. The number of aromatic nitrogens is 2. The number of rotatable bonds is 7. The van der Waals surface area contributed by atoms with Crippen LogP contribution in [-0.4, -0.2) is 25.1 Å². The number of nitrogens with zero attached hydrogens (tertiary/aromatic N) is 2. The lowest BCUT2D eigenvalue weighted by atomic mass is 10.2. The minimum Gasteiger partial charge on any atom is -0.324 e. The lowest BCUT2D eigenvalue weighted by Crippen LogP contribution is -2.31. The first-order valence-corrected chi connectivity index (χ1v) is 12.7. The summed E-state index contributed by atoms with van der Waals surface area (Å²) >= 11 is 9.99. The van der Waals surface area contributed by atoms with Gasteiger partial charge in [0.25, 0.3) is 14.9 Å². The van der Waals surface area contributed by atoms with Crippen LogP contribution in [-0.2, 0) is 10.0 Å². The van der Waals surface area contributed by atoms with Gasteiger partial charge in [0.2, 0.25) is 0 Å². The molecule has 4 rings (SSSR count). The average Bonchev–Trinajstić information content (AvgIpc) is 3.32. The molecule has 2 aromatic carbocycles. The summed E-state index contributed by atoms with van der Waals surface area (Å²) in [7, 11) is -3.75. The first kappa shape index (κ1) is 21.2. The molecule has 4 aromatic rings. The van der Waals surface area contributed by atoms with Crippen molar-refractivity contribution in [2.24, 2.45) is 0 Å². The number of halogens is 1. The van der Waals surface area contributed by atoms with Gasteiger partial charge < -0.3 is 4.52 Å². The van der Waals surface area contributed by atoms with E-state index in [1.165, 1.54) is 15.6 Å². The summed E-state index contributed by atoms with van der Waals surface area (Å²) in [6, 6.07) is 14.4. The molecule has 0 unspecified atom stereocenters. The highest BCUT2D eigenvalue weighted by Gasteiger charge is 2.28. The molecule has 0 aliphatic heterocycles. The Morgan fingerprint density at radius 1 is 1.20 bits per heavy atom. The van der Waals surface area contributed by atoms with Crippen molar-refractivity contribution in [3.05, 3.63) is 57.8 Å². The van der Waals surface area contributed by atoms with Crippen LogP contribution in [0.2, 0.25) is 0 Å². The van der Waals surface area contributed by atoms with Crippen molar-refractivity contribution >= 4 is 64.6 Å². The van der Waals surface area contributed by atoms with Crippen molar-refractivity contribution in [2.45, 2.75) is 24.7 Å². The Kier molecular flexibility index (Phi) is 6.10. The summed E-state index contributed by atoms with van der Waals surface area (Å²) in [4.78, 5) is 3.21. The van der Waals surface area contributed by atoms with E-state index in [0.29, 0.717) is 22.9 Å². The van der Waals surface area contributed by atoms with E-state index in [4.69, 9.17) is 16.7 Å². The molecule has 2 heterocycles. The van der Waals surface area contributed by atoms with Crippen LogP contribution in [0.25, 0.3) is 21.5 Å². The van der Waals surface area contributed by atoms with Gasteiger partial charge in [-0.15, -0.1) is 11.3 Å². The molecule has 0 radical (unpaired) electrons. The Hall–Kier alpha value is -2.01. The van der Waals surface area contributed by atoms with E-state index in [2.05, 4.69) is 26.1 Å². The van der Waals surface area contributed by atoms with Gasteiger partial charge in [-0.25, -0.2) is 8.42 Å². The molecule has 0 bridgehead atoms.